The van der Waals surface area contributed by atoms with Crippen LogP contribution in [-0.4, -0.2) is 5.91 Å². The van der Waals surface area contributed by atoms with Gasteiger partial charge in [0.05, 0.1) is 5.41 Å². The summed E-state index contributed by atoms with van der Waals surface area (Å²) in [7, 11) is 0. The topological polar surface area (TPSA) is 29.1 Å². The van der Waals surface area contributed by atoms with Crippen LogP contribution < -0.4 is 5.32 Å². The van der Waals surface area contributed by atoms with Gasteiger partial charge in [-0.2, -0.15) is 0 Å². The Balaban J connectivity index is 1.84. The van der Waals surface area contributed by atoms with Crippen molar-refractivity contribution in [2.45, 2.75) is 40.0 Å². The van der Waals surface area contributed by atoms with E-state index in [2.05, 4.69) is 25.7 Å². The second-order valence-electron chi connectivity index (χ2n) is 7.04. The average molecular weight is 269 g/mol. The number of benzene rings is 1. The van der Waals surface area contributed by atoms with Crippen LogP contribution in [0.1, 0.15) is 38.7 Å². The highest BCUT2D eigenvalue weighted by molar-refractivity contribution is 5.98. The molecule has 20 heavy (non-hydrogen) atoms. The molecule has 3 rings (SSSR count). The second-order valence-corrected chi connectivity index (χ2v) is 7.04. The molecule has 1 aromatic rings. The number of hydrogen-bond donors (Lipinski definition) is 1. The van der Waals surface area contributed by atoms with Crippen molar-refractivity contribution in [2.75, 3.05) is 5.32 Å². The maximum absolute atomic E-state index is 12.8. The molecule has 2 fully saturated rings. The van der Waals surface area contributed by atoms with Crippen LogP contribution in [0.2, 0.25) is 0 Å². The minimum Gasteiger partial charge on any atom is -0.325 e. The van der Waals surface area contributed by atoms with Gasteiger partial charge in [-0.1, -0.05) is 43.7 Å². The van der Waals surface area contributed by atoms with Gasteiger partial charge in [0.1, 0.15) is 0 Å². The van der Waals surface area contributed by atoms with E-state index in [1.807, 2.05) is 31.2 Å². The summed E-state index contributed by atoms with van der Waals surface area (Å²) in [6.07, 6.45) is 3.07. The first-order valence-corrected chi connectivity index (χ1v) is 7.44. The molecule has 1 aromatic carbocycles. The zero-order chi connectivity index (χ0) is 14.5. The van der Waals surface area contributed by atoms with Crippen molar-refractivity contribution in [1.82, 2.24) is 0 Å². The average Bonchev–Trinajstić information content (AvgIpc) is 2.93. The van der Waals surface area contributed by atoms with Crippen molar-refractivity contribution in [1.29, 1.82) is 0 Å². The molecule has 2 saturated carbocycles. The minimum atomic E-state index is -0.334. The van der Waals surface area contributed by atoms with Gasteiger partial charge in [0, 0.05) is 5.69 Å². The Bertz CT molecular complexity index is 570. The zero-order valence-electron chi connectivity index (χ0n) is 12.6. The Kier molecular flexibility index (Phi) is 2.82. The van der Waals surface area contributed by atoms with E-state index in [0.29, 0.717) is 5.92 Å². The van der Waals surface area contributed by atoms with Gasteiger partial charge in [-0.05, 0) is 49.7 Å². The molecule has 0 radical (unpaired) electrons. The first kappa shape index (κ1) is 13.4. The molecule has 2 nitrogen and oxygen atoms in total. The van der Waals surface area contributed by atoms with Gasteiger partial charge in [0.2, 0.25) is 5.91 Å². The fraction of sp³-hybridized carbons (Fsp3) is 0.500. The van der Waals surface area contributed by atoms with Crippen molar-refractivity contribution in [3.05, 3.63) is 42.0 Å². The lowest BCUT2D eigenvalue weighted by atomic mass is 9.68. The lowest BCUT2D eigenvalue weighted by Crippen LogP contribution is -2.37. The number of hydrogen-bond acceptors (Lipinski definition) is 1. The van der Waals surface area contributed by atoms with Crippen molar-refractivity contribution < 1.29 is 4.79 Å². The molecular weight excluding hydrogens is 246 g/mol. The van der Waals surface area contributed by atoms with Crippen LogP contribution in [0.15, 0.2) is 36.4 Å². The fourth-order valence-corrected chi connectivity index (χ4v) is 4.03. The monoisotopic (exact) mass is 269 g/mol. The van der Waals surface area contributed by atoms with Crippen molar-refractivity contribution in [2.24, 2.45) is 16.7 Å². The molecule has 2 bridgehead atoms. The highest BCUT2D eigenvalue weighted by atomic mass is 16.2. The highest BCUT2D eigenvalue weighted by Crippen LogP contribution is 2.65. The lowest BCUT2D eigenvalue weighted by molar-refractivity contribution is -0.123. The first-order chi connectivity index (χ1) is 9.36. The van der Waals surface area contributed by atoms with E-state index in [1.54, 1.807) is 0 Å². The Hall–Kier alpha value is -1.57. The van der Waals surface area contributed by atoms with E-state index in [-0.39, 0.29) is 16.7 Å². The maximum atomic E-state index is 12.8. The summed E-state index contributed by atoms with van der Waals surface area (Å²) in [6, 6.07) is 7.99. The van der Waals surface area contributed by atoms with Gasteiger partial charge in [-0.15, -0.1) is 0 Å². The SMILES string of the molecule is C=C1C(C)(C)[C@H]2CC[C@@]1(C(=O)Nc1ccc(C)cc1)C2. The molecule has 0 spiro atoms. The molecule has 0 saturated heterocycles. The number of aryl methyl sites for hydroxylation is 1. The third kappa shape index (κ3) is 1.74. The number of fused-ring (bicyclic) bond motifs is 2. The molecular formula is C18H23NO. The van der Waals surface area contributed by atoms with E-state index in [0.717, 1.165) is 30.5 Å². The first-order valence-electron chi connectivity index (χ1n) is 7.44. The molecule has 0 unspecified atom stereocenters. The Labute approximate surface area is 121 Å². The van der Waals surface area contributed by atoms with Gasteiger partial charge in [0.25, 0.3) is 0 Å². The Morgan fingerprint density at radius 2 is 1.95 bits per heavy atom. The Morgan fingerprint density at radius 3 is 2.50 bits per heavy atom. The largest absolute Gasteiger partial charge is 0.325 e. The van der Waals surface area contributed by atoms with Gasteiger partial charge in [0.15, 0.2) is 0 Å². The molecule has 2 atom stereocenters. The summed E-state index contributed by atoms with van der Waals surface area (Å²) in [5.74, 6) is 0.748. The number of anilines is 1. The third-order valence-corrected chi connectivity index (χ3v) is 5.63. The van der Waals surface area contributed by atoms with Crippen LogP contribution in [0, 0.1) is 23.7 Å². The summed E-state index contributed by atoms with van der Waals surface area (Å²) in [6.45, 7) is 10.8. The van der Waals surface area contributed by atoms with Gasteiger partial charge in [-0.25, -0.2) is 0 Å². The van der Waals surface area contributed by atoms with Crippen molar-refractivity contribution >= 4 is 11.6 Å². The van der Waals surface area contributed by atoms with E-state index < -0.39 is 0 Å². The van der Waals surface area contributed by atoms with E-state index in [1.165, 1.54) is 5.56 Å². The van der Waals surface area contributed by atoms with Crippen molar-refractivity contribution in [3.63, 3.8) is 0 Å². The van der Waals surface area contributed by atoms with Gasteiger partial charge >= 0.3 is 0 Å². The lowest BCUT2D eigenvalue weighted by Gasteiger charge is -2.37. The summed E-state index contributed by atoms with van der Waals surface area (Å²) in [4.78, 5) is 12.8. The molecule has 106 valence electrons. The minimum absolute atomic E-state index is 0.100. The van der Waals surface area contributed by atoms with Crippen LogP contribution in [0.4, 0.5) is 5.69 Å². The molecule has 1 N–H and O–H groups in total. The van der Waals surface area contributed by atoms with Crippen LogP contribution >= 0.6 is 0 Å². The molecule has 2 heteroatoms. The standard InChI is InChI=1S/C18H23NO/c1-12-5-7-15(8-6-12)19-16(20)18-10-9-14(11-18)17(3,4)13(18)2/h5-8,14H,2,9-11H2,1,3-4H3,(H,19,20)/t14-,18+/m0/s1. The smallest absolute Gasteiger partial charge is 0.234 e. The molecule has 0 aliphatic heterocycles. The summed E-state index contributed by atoms with van der Waals surface area (Å²) in [5, 5.41) is 3.10. The van der Waals surface area contributed by atoms with Crippen molar-refractivity contribution in [3.8, 4) is 0 Å². The molecule has 1 amide bonds. The summed E-state index contributed by atoms with van der Waals surface area (Å²) < 4.78 is 0. The summed E-state index contributed by atoms with van der Waals surface area (Å²) >= 11 is 0. The highest BCUT2D eigenvalue weighted by Gasteiger charge is 2.60. The number of rotatable bonds is 2. The number of nitrogens with one attached hydrogen (secondary N) is 1. The van der Waals surface area contributed by atoms with E-state index in [4.69, 9.17) is 0 Å². The number of carbonyl (C=O) groups excluding carboxylic acids is 1. The van der Waals surface area contributed by atoms with E-state index >= 15 is 0 Å². The Morgan fingerprint density at radius 1 is 1.30 bits per heavy atom. The van der Waals surface area contributed by atoms with Crippen LogP contribution in [0.5, 0.6) is 0 Å². The summed E-state index contributed by atoms with van der Waals surface area (Å²) in [5.41, 5.74) is 2.98. The van der Waals surface area contributed by atoms with Gasteiger partial charge < -0.3 is 5.32 Å². The van der Waals surface area contributed by atoms with Crippen LogP contribution in [0.25, 0.3) is 0 Å². The quantitative estimate of drug-likeness (QED) is 0.796. The third-order valence-electron chi connectivity index (χ3n) is 5.63. The predicted octanol–water partition coefficient (Wildman–Crippen LogP) is 4.32. The second kappa shape index (κ2) is 4.21. The van der Waals surface area contributed by atoms with E-state index in [9.17, 15) is 4.79 Å². The molecule has 0 aromatic heterocycles. The van der Waals surface area contributed by atoms with Crippen LogP contribution in [-0.2, 0) is 4.79 Å². The number of amides is 1. The molecule has 2 aliphatic rings. The zero-order valence-corrected chi connectivity index (χ0v) is 12.6. The molecule has 2 aliphatic carbocycles. The molecule has 0 heterocycles. The maximum Gasteiger partial charge on any atom is 0.234 e. The number of carbonyl (C=O) groups is 1. The van der Waals surface area contributed by atoms with Gasteiger partial charge in [-0.3, -0.25) is 4.79 Å². The predicted molar refractivity (Wildman–Crippen MR) is 82.5 cm³/mol. The van der Waals surface area contributed by atoms with Crippen LogP contribution in [0.3, 0.4) is 0 Å². The fourth-order valence-electron chi connectivity index (χ4n) is 4.03. The normalized spacial score (nSPS) is 30.6.